The molecule has 162 valence electrons. The van der Waals surface area contributed by atoms with Gasteiger partial charge in [0.2, 0.25) is 0 Å². The van der Waals surface area contributed by atoms with Crippen LogP contribution in [0.25, 0.3) is 11.0 Å². The van der Waals surface area contributed by atoms with Gasteiger partial charge in [-0.05, 0) is 49.4 Å². The average Bonchev–Trinajstić information content (AvgIpc) is 3.33. The Bertz CT molecular complexity index is 1240. The van der Waals surface area contributed by atoms with Gasteiger partial charge >= 0.3 is 5.69 Å². The molecule has 0 amide bonds. The summed E-state index contributed by atoms with van der Waals surface area (Å²) in [6.07, 6.45) is 5.57. The number of aromatic nitrogens is 4. The molecular formula is C24H29N5O2. The second-order valence-corrected chi connectivity index (χ2v) is 8.01. The first-order chi connectivity index (χ1) is 15.0. The molecule has 2 aromatic heterocycles. The lowest BCUT2D eigenvalue weighted by Crippen LogP contribution is -2.19. The van der Waals surface area contributed by atoms with Crippen molar-refractivity contribution in [3.05, 3.63) is 82.3 Å². The van der Waals surface area contributed by atoms with Crippen molar-refractivity contribution in [3.8, 4) is 5.75 Å². The summed E-state index contributed by atoms with van der Waals surface area (Å²) in [4.78, 5) is 18.6. The molecule has 0 aliphatic heterocycles. The van der Waals surface area contributed by atoms with E-state index in [2.05, 4.69) is 47.3 Å². The van der Waals surface area contributed by atoms with Crippen LogP contribution in [-0.4, -0.2) is 37.2 Å². The molecule has 0 aliphatic rings. The Kier molecular flexibility index (Phi) is 5.95. The van der Waals surface area contributed by atoms with E-state index in [0.29, 0.717) is 6.61 Å². The van der Waals surface area contributed by atoms with Crippen molar-refractivity contribution in [2.24, 2.45) is 14.1 Å². The molecule has 2 aromatic carbocycles. The maximum Gasteiger partial charge on any atom is 0.328 e. The summed E-state index contributed by atoms with van der Waals surface area (Å²) in [5.74, 6) is 0.915. The van der Waals surface area contributed by atoms with E-state index in [9.17, 15) is 4.79 Å². The number of ether oxygens (including phenoxy) is 1. The van der Waals surface area contributed by atoms with Crippen LogP contribution in [0.2, 0.25) is 0 Å². The third-order valence-corrected chi connectivity index (χ3v) is 5.58. The van der Waals surface area contributed by atoms with Gasteiger partial charge < -0.3 is 9.30 Å². The standard InChI is InChI=1S/C24H29N5O2/c1-5-31-23-9-7-18(12-20(23)16-29-11-10-25-17-29)14-26(2)15-19-6-8-21-22(13-19)28(4)24(30)27(21)3/h6-13,17H,5,14-16H2,1-4H3. The van der Waals surface area contributed by atoms with Crippen LogP contribution in [0, 0.1) is 0 Å². The van der Waals surface area contributed by atoms with Crippen molar-refractivity contribution in [1.29, 1.82) is 0 Å². The van der Waals surface area contributed by atoms with Gasteiger partial charge in [-0.3, -0.25) is 14.0 Å². The number of fused-ring (bicyclic) bond motifs is 1. The maximum atomic E-state index is 12.2. The first-order valence-corrected chi connectivity index (χ1v) is 10.5. The van der Waals surface area contributed by atoms with Crippen molar-refractivity contribution in [2.75, 3.05) is 13.7 Å². The van der Waals surface area contributed by atoms with Crippen LogP contribution in [0.5, 0.6) is 5.75 Å². The molecule has 7 heteroatoms. The summed E-state index contributed by atoms with van der Waals surface area (Å²) < 4.78 is 11.3. The number of hydrogen-bond donors (Lipinski definition) is 0. The Morgan fingerprint density at radius 3 is 2.42 bits per heavy atom. The Morgan fingerprint density at radius 1 is 1.00 bits per heavy atom. The fourth-order valence-electron chi connectivity index (χ4n) is 4.06. The Morgan fingerprint density at radius 2 is 1.71 bits per heavy atom. The normalized spacial score (nSPS) is 11.5. The smallest absolute Gasteiger partial charge is 0.328 e. The first kappa shape index (κ1) is 20.9. The van der Waals surface area contributed by atoms with Crippen molar-refractivity contribution in [2.45, 2.75) is 26.6 Å². The minimum atomic E-state index is 0.000291. The molecule has 2 heterocycles. The van der Waals surface area contributed by atoms with Gasteiger partial charge in [0.15, 0.2) is 0 Å². The molecule has 0 spiro atoms. The summed E-state index contributed by atoms with van der Waals surface area (Å²) in [6, 6.07) is 12.6. The van der Waals surface area contributed by atoms with Crippen molar-refractivity contribution >= 4 is 11.0 Å². The lowest BCUT2D eigenvalue weighted by atomic mass is 10.1. The molecule has 31 heavy (non-hydrogen) atoms. The minimum Gasteiger partial charge on any atom is -0.494 e. The van der Waals surface area contributed by atoms with Gasteiger partial charge in [-0.2, -0.15) is 0 Å². The SMILES string of the molecule is CCOc1ccc(CN(C)Cc2ccc3c(c2)n(C)c(=O)n3C)cc1Cn1ccnc1. The largest absolute Gasteiger partial charge is 0.494 e. The zero-order valence-corrected chi connectivity index (χ0v) is 18.6. The molecule has 0 radical (unpaired) electrons. The monoisotopic (exact) mass is 419 g/mol. The molecule has 0 atom stereocenters. The van der Waals surface area contributed by atoms with Crippen molar-refractivity contribution < 1.29 is 4.74 Å². The van der Waals surface area contributed by atoms with Crippen LogP contribution >= 0.6 is 0 Å². The summed E-state index contributed by atoms with van der Waals surface area (Å²) in [5.41, 5.74) is 5.47. The summed E-state index contributed by atoms with van der Waals surface area (Å²) in [5, 5.41) is 0. The van der Waals surface area contributed by atoms with E-state index in [1.54, 1.807) is 15.3 Å². The van der Waals surface area contributed by atoms with Crippen molar-refractivity contribution in [3.63, 3.8) is 0 Å². The maximum absolute atomic E-state index is 12.2. The topological polar surface area (TPSA) is 57.2 Å². The highest BCUT2D eigenvalue weighted by atomic mass is 16.5. The predicted octanol–water partition coefficient (Wildman–Crippen LogP) is 3.15. The molecule has 0 saturated carbocycles. The van der Waals surface area contributed by atoms with Crippen LogP contribution in [0.4, 0.5) is 0 Å². The highest BCUT2D eigenvalue weighted by Gasteiger charge is 2.11. The van der Waals surface area contributed by atoms with Gasteiger partial charge in [0.1, 0.15) is 5.75 Å². The number of rotatable bonds is 8. The molecule has 0 aliphatic carbocycles. The molecular weight excluding hydrogens is 390 g/mol. The van der Waals surface area contributed by atoms with Crippen molar-refractivity contribution in [1.82, 2.24) is 23.6 Å². The summed E-state index contributed by atoms with van der Waals surface area (Å²) in [6.45, 7) is 4.98. The zero-order valence-electron chi connectivity index (χ0n) is 18.6. The lowest BCUT2D eigenvalue weighted by molar-refractivity contribution is 0.317. The van der Waals surface area contributed by atoms with Crippen LogP contribution in [-0.2, 0) is 33.7 Å². The number of aryl methyl sites for hydroxylation is 2. The quantitative estimate of drug-likeness (QED) is 0.440. The molecule has 0 saturated heterocycles. The van der Waals surface area contributed by atoms with E-state index in [4.69, 9.17) is 4.74 Å². The van der Waals surface area contributed by atoms with E-state index in [-0.39, 0.29) is 5.69 Å². The molecule has 4 rings (SSSR count). The second kappa shape index (κ2) is 8.81. The minimum absolute atomic E-state index is 0.000291. The van der Waals surface area contributed by atoms with E-state index < -0.39 is 0 Å². The highest BCUT2D eigenvalue weighted by Crippen LogP contribution is 2.23. The van der Waals surface area contributed by atoms with Crippen LogP contribution in [0.15, 0.2) is 59.9 Å². The molecule has 0 bridgehead atoms. The third kappa shape index (κ3) is 4.41. The van der Waals surface area contributed by atoms with Gasteiger partial charge in [0.25, 0.3) is 0 Å². The van der Waals surface area contributed by atoms with Gasteiger partial charge in [0.05, 0.1) is 30.5 Å². The number of hydrogen-bond acceptors (Lipinski definition) is 4. The Balaban J connectivity index is 1.51. The second-order valence-electron chi connectivity index (χ2n) is 8.01. The Hall–Kier alpha value is -3.32. The fourth-order valence-corrected chi connectivity index (χ4v) is 4.06. The number of imidazole rings is 2. The zero-order chi connectivity index (χ0) is 22.0. The van der Waals surface area contributed by atoms with Gasteiger partial charge in [-0.15, -0.1) is 0 Å². The number of nitrogens with zero attached hydrogens (tertiary/aromatic N) is 5. The van der Waals surface area contributed by atoms with Gasteiger partial charge in [0, 0.05) is 45.1 Å². The molecule has 0 fully saturated rings. The van der Waals surface area contributed by atoms with Gasteiger partial charge in [-0.25, -0.2) is 9.78 Å². The van der Waals surface area contributed by atoms with E-state index in [1.807, 2.05) is 44.2 Å². The first-order valence-electron chi connectivity index (χ1n) is 10.5. The van der Waals surface area contributed by atoms with E-state index in [1.165, 1.54) is 11.1 Å². The average molecular weight is 420 g/mol. The predicted molar refractivity (Wildman–Crippen MR) is 122 cm³/mol. The summed E-state index contributed by atoms with van der Waals surface area (Å²) >= 11 is 0. The molecule has 7 nitrogen and oxygen atoms in total. The molecule has 4 aromatic rings. The van der Waals surface area contributed by atoms with E-state index in [0.717, 1.165) is 42.0 Å². The molecule has 0 N–H and O–H groups in total. The summed E-state index contributed by atoms with van der Waals surface area (Å²) in [7, 11) is 5.74. The fraction of sp³-hybridized carbons (Fsp3) is 0.333. The Labute approximate surface area is 182 Å². The van der Waals surface area contributed by atoms with E-state index >= 15 is 0 Å². The van der Waals surface area contributed by atoms with Crippen LogP contribution in [0.3, 0.4) is 0 Å². The van der Waals surface area contributed by atoms with Crippen LogP contribution < -0.4 is 10.4 Å². The lowest BCUT2D eigenvalue weighted by Gasteiger charge is -2.19. The van der Waals surface area contributed by atoms with Crippen LogP contribution in [0.1, 0.15) is 23.6 Å². The van der Waals surface area contributed by atoms with Gasteiger partial charge in [-0.1, -0.05) is 12.1 Å². The highest BCUT2D eigenvalue weighted by molar-refractivity contribution is 5.76. The number of benzene rings is 2. The third-order valence-electron chi connectivity index (χ3n) is 5.58. The molecule has 0 unspecified atom stereocenters.